The van der Waals surface area contributed by atoms with Crippen molar-refractivity contribution in [3.8, 4) is 0 Å². The highest BCUT2D eigenvalue weighted by molar-refractivity contribution is 6.36. The third-order valence-electron chi connectivity index (χ3n) is 4.03. The number of nitrogens with two attached hydrogens (primary N) is 1. The molecule has 0 spiro atoms. The van der Waals surface area contributed by atoms with Crippen LogP contribution in [0.1, 0.15) is 25.3 Å². The molecule has 1 atom stereocenters. The molecule has 20 heavy (non-hydrogen) atoms. The molecule has 1 amide bonds. The normalized spacial score (nSPS) is 18.1. The van der Waals surface area contributed by atoms with E-state index >= 15 is 0 Å². The van der Waals surface area contributed by atoms with E-state index < -0.39 is 0 Å². The molecule has 0 saturated carbocycles. The molecule has 1 unspecified atom stereocenters. The van der Waals surface area contributed by atoms with Crippen molar-refractivity contribution in [3.63, 3.8) is 0 Å². The van der Waals surface area contributed by atoms with Crippen LogP contribution < -0.4 is 5.73 Å². The van der Waals surface area contributed by atoms with Crippen molar-refractivity contribution in [1.29, 1.82) is 0 Å². The van der Waals surface area contributed by atoms with Crippen LogP contribution in [0, 0.1) is 5.92 Å². The summed E-state index contributed by atoms with van der Waals surface area (Å²) >= 11 is 12.2. The average Bonchev–Trinajstić information content (AvgIpc) is 2.43. The molecule has 0 bridgehead atoms. The van der Waals surface area contributed by atoms with Crippen LogP contribution in [0.3, 0.4) is 0 Å². The molecule has 1 aromatic carbocycles. The highest BCUT2D eigenvalue weighted by Crippen LogP contribution is 2.26. The number of piperidine rings is 1. The van der Waals surface area contributed by atoms with Gasteiger partial charge in [0.05, 0.1) is 6.42 Å². The minimum atomic E-state index is 0.0862. The van der Waals surface area contributed by atoms with E-state index in [1.165, 1.54) is 0 Å². The van der Waals surface area contributed by atoms with E-state index in [9.17, 15) is 4.79 Å². The van der Waals surface area contributed by atoms with Gasteiger partial charge in [-0.15, -0.1) is 0 Å². The fraction of sp³-hybridized carbons (Fsp3) is 0.533. The maximum absolute atomic E-state index is 12.3. The van der Waals surface area contributed by atoms with Crippen LogP contribution >= 0.6 is 23.2 Å². The first-order valence-electron chi connectivity index (χ1n) is 6.95. The van der Waals surface area contributed by atoms with Crippen LogP contribution in [0.2, 0.25) is 10.0 Å². The zero-order valence-corrected chi connectivity index (χ0v) is 13.1. The fourth-order valence-electron chi connectivity index (χ4n) is 2.64. The van der Waals surface area contributed by atoms with Gasteiger partial charge in [-0.25, -0.2) is 0 Å². The second-order valence-corrected chi connectivity index (χ2v) is 6.27. The zero-order chi connectivity index (χ0) is 14.7. The van der Waals surface area contributed by atoms with Crippen LogP contribution in [-0.2, 0) is 11.2 Å². The lowest BCUT2D eigenvalue weighted by Gasteiger charge is -2.33. The Morgan fingerprint density at radius 1 is 1.35 bits per heavy atom. The second kappa shape index (κ2) is 6.79. The minimum absolute atomic E-state index is 0.0862. The number of rotatable bonds is 3. The van der Waals surface area contributed by atoms with Crippen molar-refractivity contribution in [2.75, 3.05) is 13.1 Å². The van der Waals surface area contributed by atoms with Crippen molar-refractivity contribution >= 4 is 29.1 Å². The van der Waals surface area contributed by atoms with Crippen LogP contribution in [0.25, 0.3) is 0 Å². The lowest BCUT2D eigenvalue weighted by Crippen LogP contribution is -2.43. The Hall–Kier alpha value is -0.770. The van der Waals surface area contributed by atoms with E-state index in [4.69, 9.17) is 28.9 Å². The van der Waals surface area contributed by atoms with Gasteiger partial charge in [-0.3, -0.25) is 4.79 Å². The highest BCUT2D eigenvalue weighted by Gasteiger charge is 2.25. The summed E-state index contributed by atoms with van der Waals surface area (Å²) in [6, 6.07) is 5.51. The van der Waals surface area contributed by atoms with Crippen LogP contribution in [0.5, 0.6) is 0 Å². The lowest BCUT2D eigenvalue weighted by molar-refractivity contribution is -0.131. The number of carbonyl (C=O) groups excluding carboxylic acids is 1. The molecule has 1 heterocycles. The minimum Gasteiger partial charge on any atom is -0.342 e. The van der Waals surface area contributed by atoms with Crippen molar-refractivity contribution in [1.82, 2.24) is 4.90 Å². The van der Waals surface area contributed by atoms with E-state index in [1.807, 2.05) is 11.8 Å². The van der Waals surface area contributed by atoms with Crippen LogP contribution in [0.4, 0.5) is 0 Å². The lowest BCUT2D eigenvalue weighted by atomic mass is 9.91. The van der Waals surface area contributed by atoms with Gasteiger partial charge in [-0.1, -0.05) is 29.3 Å². The first-order chi connectivity index (χ1) is 9.49. The molecule has 1 aromatic rings. The van der Waals surface area contributed by atoms with Gasteiger partial charge < -0.3 is 10.6 Å². The zero-order valence-electron chi connectivity index (χ0n) is 11.6. The first-order valence-corrected chi connectivity index (χ1v) is 7.71. The Labute approximate surface area is 130 Å². The average molecular weight is 315 g/mol. The van der Waals surface area contributed by atoms with Gasteiger partial charge in [-0.05, 0) is 43.4 Å². The number of carbonyl (C=O) groups is 1. The predicted octanol–water partition coefficient (Wildman–Crippen LogP) is 3.12. The molecule has 1 saturated heterocycles. The standard InChI is InChI=1S/C15H20Cl2N2O/c1-10(18)11-5-7-19(8-6-11)15(20)9-12-13(16)3-2-4-14(12)17/h2-4,10-11H,5-9,18H2,1H3. The number of benzene rings is 1. The topological polar surface area (TPSA) is 46.3 Å². The van der Waals surface area contributed by atoms with E-state index in [1.54, 1.807) is 18.2 Å². The Bertz CT molecular complexity index is 463. The summed E-state index contributed by atoms with van der Waals surface area (Å²) in [6.45, 7) is 3.58. The molecule has 0 aromatic heterocycles. The molecule has 3 nitrogen and oxygen atoms in total. The number of halogens is 2. The Morgan fingerprint density at radius 3 is 2.40 bits per heavy atom. The molecule has 1 aliphatic heterocycles. The maximum Gasteiger partial charge on any atom is 0.227 e. The van der Waals surface area contributed by atoms with Gasteiger partial charge in [-0.2, -0.15) is 0 Å². The number of nitrogens with zero attached hydrogens (tertiary/aromatic N) is 1. The largest absolute Gasteiger partial charge is 0.342 e. The third kappa shape index (κ3) is 3.66. The van der Waals surface area contributed by atoms with Gasteiger partial charge in [0.25, 0.3) is 0 Å². The Morgan fingerprint density at radius 2 is 1.90 bits per heavy atom. The Balaban J connectivity index is 1.96. The van der Waals surface area contributed by atoms with E-state index in [2.05, 4.69) is 0 Å². The summed E-state index contributed by atoms with van der Waals surface area (Å²) in [5.41, 5.74) is 6.63. The molecule has 2 rings (SSSR count). The smallest absolute Gasteiger partial charge is 0.227 e. The van der Waals surface area contributed by atoms with Crippen molar-refractivity contribution < 1.29 is 4.79 Å². The predicted molar refractivity (Wildman–Crippen MR) is 83.1 cm³/mol. The van der Waals surface area contributed by atoms with E-state index in [0.29, 0.717) is 16.0 Å². The molecule has 0 radical (unpaired) electrons. The van der Waals surface area contributed by atoms with Crippen molar-refractivity contribution in [2.24, 2.45) is 11.7 Å². The SMILES string of the molecule is CC(N)C1CCN(C(=O)Cc2c(Cl)cccc2Cl)CC1. The number of likely N-dealkylation sites (tertiary alicyclic amines) is 1. The highest BCUT2D eigenvalue weighted by atomic mass is 35.5. The molecule has 2 N–H and O–H groups in total. The molecule has 1 fully saturated rings. The number of hydrogen-bond donors (Lipinski definition) is 1. The second-order valence-electron chi connectivity index (χ2n) is 5.45. The van der Waals surface area contributed by atoms with Crippen LogP contribution in [-0.4, -0.2) is 29.9 Å². The van der Waals surface area contributed by atoms with Gasteiger partial charge in [0.1, 0.15) is 0 Å². The summed E-state index contributed by atoms with van der Waals surface area (Å²) in [6.07, 6.45) is 2.21. The van der Waals surface area contributed by atoms with Gasteiger partial charge in [0, 0.05) is 29.2 Å². The quantitative estimate of drug-likeness (QED) is 0.931. The van der Waals surface area contributed by atoms with Gasteiger partial charge in [0.15, 0.2) is 0 Å². The monoisotopic (exact) mass is 314 g/mol. The van der Waals surface area contributed by atoms with E-state index in [0.717, 1.165) is 31.5 Å². The third-order valence-corrected chi connectivity index (χ3v) is 4.73. The maximum atomic E-state index is 12.3. The molecule has 0 aliphatic carbocycles. The number of hydrogen-bond acceptors (Lipinski definition) is 2. The molecular weight excluding hydrogens is 295 g/mol. The van der Waals surface area contributed by atoms with Crippen molar-refractivity contribution in [2.45, 2.75) is 32.2 Å². The summed E-state index contributed by atoms with van der Waals surface area (Å²) in [5.74, 6) is 0.603. The molecular formula is C15H20Cl2N2O. The van der Waals surface area contributed by atoms with Gasteiger partial charge in [0.2, 0.25) is 5.91 Å². The summed E-state index contributed by atoms with van der Waals surface area (Å²) in [7, 11) is 0. The summed E-state index contributed by atoms with van der Waals surface area (Å²) in [5, 5.41) is 1.10. The molecule has 5 heteroatoms. The molecule has 110 valence electrons. The molecule has 1 aliphatic rings. The number of amides is 1. The van der Waals surface area contributed by atoms with E-state index in [-0.39, 0.29) is 18.4 Å². The Kier molecular flexibility index (Phi) is 5.30. The summed E-state index contributed by atoms with van der Waals surface area (Å²) < 4.78 is 0. The fourth-order valence-corrected chi connectivity index (χ4v) is 3.17. The first kappa shape index (κ1) is 15.6. The van der Waals surface area contributed by atoms with Gasteiger partial charge >= 0.3 is 0 Å². The van der Waals surface area contributed by atoms with Crippen molar-refractivity contribution in [3.05, 3.63) is 33.8 Å². The van der Waals surface area contributed by atoms with Crippen LogP contribution in [0.15, 0.2) is 18.2 Å². The summed E-state index contributed by atoms with van der Waals surface area (Å²) in [4.78, 5) is 14.2.